The third kappa shape index (κ3) is 3.26. The minimum Gasteiger partial charge on any atom is -0.398 e. The summed E-state index contributed by atoms with van der Waals surface area (Å²) in [6.07, 6.45) is 0. The van der Waals surface area contributed by atoms with Gasteiger partial charge >= 0.3 is 0 Å². The molecule has 0 aliphatic heterocycles. The van der Waals surface area contributed by atoms with Crippen LogP contribution in [-0.2, 0) is 6.54 Å². The molecular weight excluding hydrogens is 186 g/mol. The first kappa shape index (κ1) is 11.5. The van der Waals surface area contributed by atoms with Crippen LogP contribution in [-0.4, -0.2) is 17.5 Å². The van der Waals surface area contributed by atoms with Gasteiger partial charge in [-0.25, -0.2) is 0 Å². The minimum absolute atomic E-state index is 0.351. The molecule has 0 radical (unpaired) electrons. The summed E-state index contributed by atoms with van der Waals surface area (Å²) >= 11 is 0. The lowest BCUT2D eigenvalue weighted by Crippen LogP contribution is -2.30. The largest absolute Gasteiger partial charge is 0.398 e. The number of nitrogens with two attached hydrogens (primary N) is 1. The van der Waals surface area contributed by atoms with Gasteiger partial charge in [0.25, 0.3) is 0 Å². The fraction of sp³-hybridized carbons (Fsp3) is 0.417. The van der Waals surface area contributed by atoms with Crippen molar-refractivity contribution in [1.82, 2.24) is 4.90 Å². The minimum atomic E-state index is 0.351. The Morgan fingerprint density at radius 3 is 2.60 bits per heavy atom. The van der Waals surface area contributed by atoms with Crippen molar-refractivity contribution in [2.24, 2.45) is 0 Å². The molecule has 1 aromatic carbocycles. The first-order valence-electron chi connectivity index (χ1n) is 5.09. The van der Waals surface area contributed by atoms with E-state index in [4.69, 9.17) is 11.0 Å². The number of hydrogen-bond acceptors (Lipinski definition) is 3. The van der Waals surface area contributed by atoms with Gasteiger partial charge in [-0.1, -0.05) is 18.2 Å². The van der Waals surface area contributed by atoms with Crippen LogP contribution in [0.2, 0.25) is 0 Å². The van der Waals surface area contributed by atoms with Crippen LogP contribution in [0.4, 0.5) is 5.69 Å². The normalized spacial score (nSPS) is 10.6. The summed E-state index contributed by atoms with van der Waals surface area (Å²) in [4.78, 5) is 2.09. The monoisotopic (exact) mass is 203 g/mol. The molecule has 0 unspecified atom stereocenters. The Kier molecular flexibility index (Phi) is 4.14. The first-order chi connectivity index (χ1) is 7.15. The predicted molar refractivity (Wildman–Crippen MR) is 62.0 cm³/mol. The van der Waals surface area contributed by atoms with E-state index in [9.17, 15) is 0 Å². The second kappa shape index (κ2) is 5.38. The van der Waals surface area contributed by atoms with Gasteiger partial charge in [0.15, 0.2) is 0 Å². The quantitative estimate of drug-likeness (QED) is 0.601. The fourth-order valence-corrected chi connectivity index (χ4v) is 1.41. The van der Waals surface area contributed by atoms with Gasteiger partial charge in [-0.15, -0.1) is 0 Å². The maximum absolute atomic E-state index is 8.71. The Morgan fingerprint density at radius 2 is 2.07 bits per heavy atom. The maximum Gasteiger partial charge on any atom is 0.0871 e. The van der Waals surface area contributed by atoms with E-state index in [2.05, 4.69) is 24.8 Å². The van der Waals surface area contributed by atoms with Gasteiger partial charge in [0, 0.05) is 18.3 Å². The van der Waals surface area contributed by atoms with Crippen molar-refractivity contribution >= 4 is 5.69 Å². The summed E-state index contributed by atoms with van der Waals surface area (Å²) in [5, 5.41) is 8.71. The van der Waals surface area contributed by atoms with Crippen molar-refractivity contribution in [1.29, 1.82) is 5.26 Å². The lowest BCUT2D eigenvalue weighted by atomic mass is 10.1. The lowest BCUT2D eigenvalue weighted by molar-refractivity contribution is 0.240. The summed E-state index contributed by atoms with van der Waals surface area (Å²) in [7, 11) is 0. The van der Waals surface area contributed by atoms with Crippen molar-refractivity contribution in [3.8, 4) is 6.07 Å². The van der Waals surface area contributed by atoms with Crippen LogP contribution >= 0.6 is 0 Å². The Bertz CT molecular complexity index is 352. The van der Waals surface area contributed by atoms with Crippen LogP contribution in [0.3, 0.4) is 0 Å². The number of rotatable bonds is 4. The van der Waals surface area contributed by atoms with Gasteiger partial charge < -0.3 is 5.73 Å². The molecule has 0 saturated heterocycles. The first-order valence-corrected chi connectivity index (χ1v) is 5.09. The molecule has 0 atom stereocenters. The van der Waals surface area contributed by atoms with Crippen LogP contribution < -0.4 is 5.73 Å². The highest BCUT2D eigenvalue weighted by Gasteiger charge is 2.10. The Labute approximate surface area is 91.1 Å². The highest BCUT2D eigenvalue weighted by atomic mass is 15.1. The van der Waals surface area contributed by atoms with E-state index in [0.717, 1.165) is 17.8 Å². The lowest BCUT2D eigenvalue weighted by Gasteiger charge is -2.23. The number of anilines is 1. The van der Waals surface area contributed by atoms with Crippen LogP contribution in [0.25, 0.3) is 0 Å². The molecule has 3 heteroatoms. The van der Waals surface area contributed by atoms with E-state index in [1.807, 2.05) is 24.3 Å². The zero-order valence-corrected chi connectivity index (χ0v) is 9.27. The van der Waals surface area contributed by atoms with Crippen LogP contribution in [0.5, 0.6) is 0 Å². The van der Waals surface area contributed by atoms with Crippen LogP contribution in [0.1, 0.15) is 19.4 Å². The average Bonchev–Trinajstić information content (AvgIpc) is 2.20. The van der Waals surface area contributed by atoms with Gasteiger partial charge in [0.1, 0.15) is 0 Å². The molecule has 0 aliphatic carbocycles. The Morgan fingerprint density at radius 1 is 1.40 bits per heavy atom. The number of hydrogen-bond donors (Lipinski definition) is 1. The molecule has 0 amide bonds. The molecule has 3 nitrogen and oxygen atoms in total. The topological polar surface area (TPSA) is 53.0 Å². The van der Waals surface area contributed by atoms with Gasteiger partial charge in [0.05, 0.1) is 12.6 Å². The SMILES string of the molecule is CC(C)N(CC#N)Cc1ccccc1N. The number of benzene rings is 1. The number of para-hydroxylation sites is 1. The second-order valence-corrected chi connectivity index (χ2v) is 3.86. The third-order valence-corrected chi connectivity index (χ3v) is 2.43. The Balaban J connectivity index is 2.75. The van der Waals surface area contributed by atoms with E-state index in [1.165, 1.54) is 0 Å². The zero-order valence-electron chi connectivity index (χ0n) is 9.27. The highest BCUT2D eigenvalue weighted by Crippen LogP contribution is 2.14. The molecule has 0 bridgehead atoms. The van der Waals surface area contributed by atoms with Crippen LogP contribution in [0, 0.1) is 11.3 Å². The van der Waals surface area contributed by atoms with Crippen molar-refractivity contribution in [2.45, 2.75) is 26.4 Å². The third-order valence-electron chi connectivity index (χ3n) is 2.43. The number of nitrogens with zero attached hydrogens (tertiary/aromatic N) is 2. The molecule has 1 rings (SSSR count). The van der Waals surface area contributed by atoms with Gasteiger partial charge in [-0.3, -0.25) is 4.90 Å². The van der Waals surface area contributed by atoms with Gasteiger partial charge in [0.2, 0.25) is 0 Å². The van der Waals surface area contributed by atoms with Crippen LogP contribution in [0.15, 0.2) is 24.3 Å². The average molecular weight is 203 g/mol. The second-order valence-electron chi connectivity index (χ2n) is 3.86. The molecule has 1 aromatic rings. The highest BCUT2D eigenvalue weighted by molar-refractivity contribution is 5.46. The number of nitrogen functional groups attached to an aromatic ring is 1. The van der Waals surface area contributed by atoms with E-state index in [1.54, 1.807) is 0 Å². The molecule has 0 aromatic heterocycles. The molecule has 2 N–H and O–H groups in total. The van der Waals surface area contributed by atoms with Crippen molar-refractivity contribution in [3.63, 3.8) is 0 Å². The summed E-state index contributed by atoms with van der Waals surface area (Å²) in [6.45, 7) is 5.33. The van der Waals surface area contributed by atoms with E-state index >= 15 is 0 Å². The van der Waals surface area contributed by atoms with Gasteiger partial charge in [-0.2, -0.15) is 5.26 Å². The van der Waals surface area contributed by atoms with E-state index in [0.29, 0.717) is 12.6 Å². The molecule has 0 fully saturated rings. The standard InChI is InChI=1S/C12H17N3/c1-10(2)15(8-7-13)9-11-5-3-4-6-12(11)14/h3-6,10H,8-9,14H2,1-2H3. The maximum atomic E-state index is 8.71. The fourth-order valence-electron chi connectivity index (χ4n) is 1.41. The summed E-state index contributed by atoms with van der Waals surface area (Å²) in [5.74, 6) is 0. The summed E-state index contributed by atoms with van der Waals surface area (Å²) in [6, 6.07) is 10.3. The molecule has 0 heterocycles. The Hall–Kier alpha value is -1.53. The smallest absolute Gasteiger partial charge is 0.0871 e. The van der Waals surface area contributed by atoms with E-state index < -0.39 is 0 Å². The van der Waals surface area contributed by atoms with Crippen molar-refractivity contribution in [3.05, 3.63) is 29.8 Å². The molecule has 80 valence electrons. The van der Waals surface area contributed by atoms with E-state index in [-0.39, 0.29) is 0 Å². The molecule has 0 aliphatic rings. The molecule has 15 heavy (non-hydrogen) atoms. The summed E-state index contributed by atoms with van der Waals surface area (Å²) in [5.41, 5.74) is 7.73. The number of nitriles is 1. The zero-order chi connectivity index (χ0) is 11.3. The van der Waals surface area contributed by atoms with Crippen molar-refractivity contribution < 1.29 is 0 Å². The molecular formula is C12H17N3. The molecule has 0 saturated carbocycles. The van der Waals surface area contributed by atoms with Gasteiger partial charge in [-0.05, 0) is 25.5 Å². The molecule has 0 spiro atoms. The predicted octanol–water partition coefficient (Wildman–Crippen LogP) is 2.00. The summed E-state index contributed by atoms with van der Waals surface area (Å²) < 4.78 is 0. The van der Waals surface area contributed by atoms with Crippen molar-refractivity contribution in [2.75, 3.05) is 12.3 Å².